The van der Waals surface area contributed by atoms with Crippen molar-refractivity contribution in [2.45, 2.75) is 116 Å². The van der Waals surface area contributed by atoms with Crippen molar-refractivity contribution in [3.63, 3.8) is 0 Å². The Kier molecular flexibility index (Phi) is 18.3. The second-order valence-corrected chi connectivity index (χ2v) is 17.9. The van der Waals surface area contributed by atoms with Gasteiger partial charge in [0.25, 0.3) is 0 Å². The highest BCUT2D eigenvalue weighted by Crippen LogP contribution is 2.38. The van der Waals surface area contributed by atoms with E-state index in [2.05, 4.69) is 93.6 Å². The summed E-state index contributed by atoms with van der Waals surface area (Å²) in [6.07, 6.45) is -5.35. The maximum atomic E-state index is 7.47. The zero-order chi connectivity index (χ0) is 46.0. The van der Waals surface area contributed by atoms with Crippen molar-refractivity contribution in [3.8, 4) is 0 Å². The zero-order valence-electron chi connectivity index (χ0n) is 39.0. The number of ether oxygens (including phenoxy) is 9. The van der Waals surface area contributed by atoms with Crippen molar-refractivity contribution in [1.82, 2.24) is 0 Å². The minimum Gasteiger partial charge on any atom is -0.374 e. The van der Waals surface area contributed by atoms with E-state index in [1.807, 2.05) is 109 Å². The lowest BCUT2D eigenvalue weighted by atomic mass is 9.83. The molecule has 67 heavy (non-hydrogen) atoms. The SMILES string of the molecule is CC(C)[C@@H]1OC(COCc2ccccc2)[C@@H](O[C@@H]2OC(COCc3ccccc3)[C@H](OCc3ccccc3)[C@H](OCc3ccccc3)C2OCc2ccccc2)[C@@H](OCc2ccccc2)C1C. The van der Waals surface area contributed by atoms with Crippen LogP contribution in [0.15, 0.2) is 182 Å². The monoisotopic (exact) mass is 906 g/mol. The molecule has 8 rings (SSSR count). The van der Waals surface area contributed by atoms with Crippen LogP contribution in [0.3, 0.4) is 0 Å². The van der Waals surface area contributed by atoms with E-state index in [4.69, 9.17) is 42.6 Å². The first kappa shape index (κ1) is 48.4. The van der Waals surface area contributed by atoms with Crippen molar-refractivity contribution >= 4 is 0 Å². The molecule has 0 bridgehead atoms. The third kappa shape index (κ3) is 14.0. The Morgan fingerprint density at radius 3 is 1.09 bits per heavy atom. The fourth-order valence-corrected chi connectivity index (χ4v) is 9.06. The molecule has 9 nitrogen and oxygen atoms in total. The van der Waals surface area contributed by atoms with Crippen molar-refractivity contribution < 1.29 is 42.6 Å². The average Bonchev–Trinajstić information content (AvgIpc) is 3.37. The van der Waals surface area contributed by atoms with Gasteiger partial charge >= 0.3 is 0 Å². The Morgan fingerprint density at radius 1 is 0.373 bits per heavy atom. The Bertz CT molecular complexity index is 2250. The molecule has 4 unspecified atom stereocenters. The summed E-state index contributed by atoms with van der Waals surface area (Å²) in [5, 5.41) is 0. The van der Waals surface area contributed by atoms with Crippen molar-refractivity contribution in [1.29, 1.82) is 0 Å². The molecular weight excluding hydrogens is 841 g/mol. The summed E-state index contributed by atoms with van der Waals surface area (Å²) in [5.74, 6) is 0.149. The topological polar surface area (TPSA) is 83.1 Å². The predicted octanol–water partition coefficient (Wildman–Crippen LogP) is 10.9. The van der Waals surface area contributed by atoms with Gasteiger partial charge in [0.1, 0.15) is 36.6 Å². The largest absolute Gasteiger partial charge is 0.374 e. The Morgan fingerprint density at radius 2 is 0.701 bits per heavy atom. The van der Waals surface area contributed by atoms with Gasteiger partial charge in [0, 0.05) is 5.92 Å². The molecular formula is C58H66O9. The first-order valence-corrected chi connectivity index (χ1v) is 23.8. The molecule has 0 radical (unpaired) electrons. The predicted molar refractivity (Wildman–Crippen MR) is 258 cm³/mol. The molecule has 0 aromatic heterocycles. The minimum atomic E-state index is -0.970. The van der Waals surface area contributed by atoms with Crippen LogP contribution >= 0.6 is 0 Å². The highest BCUT2D eigenvalue weighted by Gasteiger charge is 2.53. The second-order valence-electron chi connectivity index (χ2n) is 17.9. The molecule has 9 heteroatoms. The van der Waals surface area contributed by atoms with Gasteiger partial charge < -0.3 is 42.6 Å². The molecule has 0 N–H and O–H groups in total. The average molecular weight is 907 g/mol. The number of benzene rings is 6. The molecule has 6 aromatic rings. The molecule has 0 aliphatic carbocycles. The summed E-state index contributed by atoms with van der Waals surface area (Å²) in [6.45, 7) is 9.18. The zero-order valence-corrected chi connectivity index (χ0v) is 39.0. The van der Waals surface area contributed by atoms with Crippen LogP contribution in [0.1, 0.15) is 54.2 Å². The number of rotatable bonds is 23. The van der Waals surface area contributed by atoms with E-state index < -0.39 is 49.0 Å². The van der Waals surface area contributed by atoms with Gasteiger partial charge in [0.2, 0.25) is 0 Å². The van der Waals surface area contributed by atoms with Gasteiger partial charge in [-0.2, -0.15) is 0 Å². The van der Waals surface area contributed by atoms with Gasteiger partial charge in [-0.15, -0.1) is 0 Å². The van der Waals surface area contributed by atoms with E-state index in [-0.39, 0.29) is 37.8 Å². The van der Waals surface area contributed by atoms with Crippen LogP contribution in [0.25, 0.3) is 0 Å². The van der Waals surface area contributed by atoms with Gasteiger partial charge in [-0.25, -0.2) is 0 Å². The van der Waals surface area contributed by atoms with Crippen molar-refractivity contribution in [2.75, 3.05) is 13.2 Å². The van der Waals surface area contributed by atoms with Gasteiger partial charge in [-0.1, -0.05) is 203 Å². The summed E-state index contributed by atoms with van der Waals surface area (Å²) in [5.41, 5.74) is 6.25. The number of hydrogen-bond acceptors (Lipinski definition) is 9. The third-order valence-corrected chi connectivity index (χ3v) is 12.5. The lowest BCUT2D eigenvalue weighted by Gasteiger charge is -2.50. The molecule has 0 amide bonds. The highest BCUT2D eigenvalue weighted by atomic mass is 16.7. The van der Waals surface area contributed by atoms with Gasteiger partial charge in [0.05, 0.1) is 65.1 Å². The summed E-state index contributed by atoms with van der Waals surface area (Å²) in [7, 11) is 0. The molecule has 2 heterocycles. The van der Waals surface area contributed by atoms with E-state index in [1.165, 1.54) is 0 Å². The van der Waals surface area contributed by atoms with Crippen LogP contribution in [0.5, 0.6) is 0 Å². The second kappa shape index (κ2) is 25.4. The highest BCUT2D eigenvalue weighted by molar-refractivity contribution is 5.18. The van der Waals surface area contributed by atoms with Crippen LogP contribution < -0.4 is 0 Å². The van der Waals surface area contributed by atoms with E-state index in [9.17, 15) is 0 Å². The summed E-state index contributed by atoms with van der Waals surface area (Å²) in [6, 6.07) is 61.1. The minimum absolute atomic E-state index is 0.0524. The van der Waals surface area contributed by atoms with Gasteiger partial charge in [-0.05, 0) is 39.3 Å². The van der Waals surface area contributed by atoms with Crippen LogP contribution in [0.2, 0.25) is 0 Å². The molecule has 2 aliphatic rings. The van der Waals surface area contributed by atoms with E-state index in [0.29, 0.717) is 33.0 Å². The van der Waals surface area contributed by atoms with Crippen LogP contribution in [-0.4, -0.2) is 68.3 Å². The molecule has 2 saturated heterocycles. The molecule has 0 saturated carbocycles. The molecule has 6 aromatic carbocycles. The van der Waals surface area contributed by atoms with Crippen molar-refractivity contribution in [3.05, 3.63) is 215 Å². The normalized spacial score (nSPS) is 25.3. The lowest BCUT2D eigenvalue weighted by molar-refractivity contribution is -0.359. The standard InChI is InChI=1S/C58H66O9/c1-42(2)52-43(3)53(61-36-46-26-14-6-15-27-46)55(51(65-52)41-60-35-45-24-12-5-13-25-45)67-58-57(64-39-49-32-20-9-21-33-49)56(63-38-48-30-18-8-19-31-48)54(62-37-47-28-16-7-17-29-47)50(66-58)40-59-34-44-22-10-4-11-23-44/h4-33,42-43,50-58H,34-41H2,1-3H3/t43?,50?,51?,52-,53-,54-,55+,56-,57?,58-/m0/s1. The lowest BCUT2D eigenvalue weighted by Crippen LogP contribution is -2.65. The van der Waals surface area contributed by atoms with Crippen LogP contribution in [0, 0.1) is 11.8 Å². The maximum absolute atomic E-state index is 7.47. The van der Waals surface area contributed by atoms with E-state index in [1.54, 1.807) is 0 Å². The Labute approximate surface area is 397 Å². The van der Waals surface area contributed by atoms with E-state index >= 15 is 0 Å². The van der Waals surface area contributed by atoms with Gasteiger partial charge in [0.15, 0.2) is 6.29 Å². The Hall–Kier alpha value is -5.04. The molecule has 2 aliphatic heterocycles. The summed E-state index contributed by atoms with van der Waals surface area (Å²) >= 11 is 0. The first-order valence-electron chi connectivity index (χ1n) is 23.8. The smallest absolute Gasteiger partial charge is 0.187 e. The molecule has 2 fully saturated rings. The fourth-order valence-electron chi connectivity index (χ4n) is 9.06. The summed E-state index contributed by atoms with van der Waals surface area (Å²) in [4.78, 5) is 0. The maximum Gasteiger partial charge on any atom is 0.187 e. The number of hydrogen-bond donors (Lipinski definition) is 0. The first-order chi connectivity index (χ1) is 33.0. The quantitative estimate of drug-likeness (QED) is 0.0624. The van der Waals surface area contributed by atoms with Crippen LogP contribution in [-0.2, 0) is 82.3 Å². The molecule has 352 valence electrons. The third-order valence-electron chi connectivity index (χ3n) is 12.5. The summed E-state index contributed by atoms with van der Waals surface area (Å²) < 4.78 is 62.9. The molecule has 10 atom stereocenters. The fraction of sp³-hybridized carbons (Fsp3) is 0.379. The van der Waals surface area contributed by atoms with Gasteiger partial charge in [-0.3, -0.25) is 0 Å². The van der Waals surface area contributed by atoms with Crippen LogP contribution in [0.4, 0.5) is 0 Å². The molecule has 0 spiro atoms. The Balaban J connectivity index is 1.17. The van der Waals surface area contributed by atoms with Crippen molar-refractivity contribution in [2.24, 2.45) is 11.8 Å². The van der Waals surface area contributed by atoms with E-state index in [0.717, 1.165) is 33.4 Å².